The quantitative estimate of drug-likeness (QED) is 0.0222. The lowest BCUT2D eigenvalue weighted by molar-refractivity contribution is -0.161. The first-order chi connectivity index (χ1) is 49.9. The monoisotopic (exact) mass is 1510 g/mol. The second-order valence-electron chi connectivity index (χ2n) is 31.2. The molecule has 0 aromatic heterocycles. The van der Waals surface area contributed by atoms with Crippen molar-refractivity contribution in [3.05, 3.63) is 0 Å². The van der Waals surface area contributed by atoms with Crippen molar-refractivity contribution in [2.24, 2.45) is 11.8 Å². The van der Waals surface area contributed by atoms with Gasteiger partial charge in [0.15, 0.2) is 12.2 Å². The third-order valence-corrected chi connectivity index (χ3v) is 21.6. The predicted molar refractivity (Wildman–Crippen MR) is 423 cm³/mol. The number of hydrogen-bond donors (Lipinski definition) is 3. The molecule has 0 aliphatic rings. The third-order valence-electron chi connectivity index (χ3n) is 19.7. The van der Waals surface area contributed by atoms with Crippen molar-refractivity contribution in [1.29, 1.82) is 0 Å². The van der Waals surface area contributed by atoms with E-state index in [0.29, 0.717) is 25.7 Å². The Morgan fingerprint density at radius 2 is 0.447 bits per heavy atom. The maximum Gasteiger partial charge on any atom is 0.472 e. The number of aliphatic hydroxyl groups is 1. The Balaban J connectivity index is 5.24. The largest absolute Gasteiger partial charge is 0.472 e. The SMILES string of the molecule is CCCCCCCCCCCCCCCCCCCCCC(=O)OC[C@H](COP(=O)(O)OC[C@@H](O)COP(=O)(O)OC[C@@H](COC(=O)CCCCCCCCCCC(C)C)OC(=O)CCCCCCCCCCCCCCCC)OC(=O)CCCCCCCCCCCCCCCCCCC(C)C. The minimum atomic E-state index is -4.96. The maximum atomic E-state index is 13.1. The first-order valence-electron chi connectivity index (χ1n) is 43.5. The lowest BCUT2D eigenvalue weighted by Gasteiger charge is -2.21. The summed E-state index contributed by atoms with van der Waals surface area (Å²) in [5, 5.41) is 10.7. The number of carbonyl (C=O) groups excluding carboxylic acids is 4. The highest BCUT2D eigenvalue weighted by Gasteiger charge is 2.30. The molecule has 3 N–H and O–H groups in total. The van der Waals surface area contributed by atoms with Gasteiger partial charge in [-0.15, -0.1) is 0 Å². The van der Waals surface area contributed by atoms with Crippen LogP contribution >= 0.6 is 15.6 Å². The van der Waals surface area contributed by atoms with Crippen molar-refractivity contribution >= 4 is 39.5 Å². The minimum Gasteiger partial charge on any atom is -0.462 e. The molecule has 0 fully saturated rings. The standard InChI is InChI=1S/C84H164O17P2/c1-7-9-11-13-15-17-19-21-23-24-25-26-30-34-37-41-48-54-60-66-81(86)94-72-79(100-84(89)69-63-57-51-43-39-35-31-28-27-29-32-36-40-46-52-58-64-76(3)4)74-98-102(90,91)96-70-78(85)71-97-103(92,93)99-75-80(73-95-82(87)67-61-55-49-45-44-47-53-59-65-77(5)6)101-83(88)68-62-56-50-42-38-33-22-20-18-16-14-12-10-8-2/h76-80,85H,7-75H2,1-6H3,(H,90,91)(H,92,93)/t78-,79-,80-/m1/s1. The summed E-state index contributed by atoms with van der Waals surface area (Å²) in [6.45, 7) is 9.66. The number of phosphoric acid groups is 2. The summed E-state index contributed by atoms with van der Waals surface area (Å²) >= 11 is 0. The lowest BCUT2D eigenvalue weighted by atomic mass is 10.0. The number of ether oxygens (including phenoxy) is 4. The first-order valence-corrected chi connectivity index (χ1v) is 46.5. The molecule has 0 amide bonds. The molecule has 0 spiro atoms. The molecular formula is C84H164O17P2. The van der Waals surface area contributed by atoms with Gasteiger partial charge < -0.3 is 33.8 Å². The lowest BCUT2D eigenvalue weighted by Crippen LogP contribution is -2.30. The van der Waals surface area contributed by atoms with Crippen molar-refractivity contribution in [3.63, 3.8) is 0 Å². The number of phosphoric ester groups is 2. The second kappa shape index (κ2) is 75.5. The Morgan fingerprint density at radius 3 is 0.660 bits per heavy atom. The van der Waals surface area contributed by atoms with Gasteiger partial charge in [-0.05, 0) is 37.5 Å². The fraction of sp³-hybridized carbons (Fsp3) is 0.952. The molecule has 103 heavy (non-hydrogen) atoms. The van der Waals surface area contributed by atoms with Crippen LogP contribution in [0.2, 0.25) is 0 Å². The van der Waals surface area contributed by atoms with E-state index in [4.69, 9.17) is 37.0 Å². The predicted octanol–water partition coefficient (Wildman–Crippen LogP) is 25.5. The normalized spacial score (nSPS) is 13.9. The zero-order valence-corrected chi connectivity index (χ0v) is 69.4. The summed E-state index contributed by atoms with van der Waals surface area (Å²) in [5.74, 6) is -0.568. The van der Waals surface area contributed by atoms with Crippen molar-refractivity contribution in [2.75, 3.05) is 39.6 Å². The van der Waals surface area contributed by atoms with Gasteiger partial charge in [0.1, 0.15) is 19.3 Å². The van der Waals surface area contributed by atoms with E-state index in [1.165, 1.54) is 263 Å². The maximum absolute atomic E-state index is 13.1. The zero-order chi connectivity index (χ0) is 75.6. The van der Waals surface area contributed by atoms with Crippen molar-refractivity contribution in [3.8, 4) is 0 Å². The zero-order valence-electron chi connectivity index (χ0n) is 67.6. The molecule has 612 valence electrons. The number of unbranched alkanes of at least 4 members (excludes halogenated alkanes) is 53. The van der Waals surface area contributed by atoms with Gasteiger partial charge in [0.2, 0.25) is 0 Å². The van der Waals surface area contributed by atoms with Crippen LogP contribution in [-0.2, 0) is 65.4 Å². The van der Waals surface area contributed by atoms with Crippen LogP contribution in [0.1, 0.15) is 446 Å². The van der Waals surface area contributed by atoms with Crippen LogP contribution in [0.4, 0.5) is 0 Å². The molecule has 2 unspecified atom stereocenters. The topological polar surface area (TPSA) is 237 Å². The highest BCUT2D eigenvalue weighted by Crippen LogP contribution is 2.45. The number of hydrogen-bond acceptors (Lipinski definition) is 15. The molecule has 17 nitrogen and oxygen atoms in total. The summed E-state index contributed by atoms with van der Waals surface area (Å²) in [6.07, 6.45) is 66.6. The van der Waals surface area contributed by atoms with Gasteiger partial charge >= 0.3 is 39.5 Å². The summed E-state index contributed by atoms with van der Waals surface area (Å²) < 4.78 is 68.8. The Labute approximate surface area is 632 Å². The van der Waals surface area contributed by atoms with Crippen LogP contribution in [0.3, 0.4) is 0 Å². The summed E-state index contributed by atoms with van der Waals surface area (Å²) in [5.41, 5.74) is 0. The average molecular weight is 1510 g/mol. The molecule has 19 heteroatoms. The fourth-order valence-electron chi connectivity index (χ4n) is 13.1. The molecule has 0 rings (SSSR count). The van der Waals surface area contributed by atoms with Crippen LogP contribution in [-0.4, -0.2) is 96.7 Å². The smallest absolute Gasteiger partial charge is 0.462 e. The van der Waals surface area contributed by atoms with Crippen LogP contribution < -0.4 is 0 Å². The summed E-state index contributed by atoms with van der Waals surface area (Å²) in [4.78, 5) is 73.1. The van der Waals surface area contributed by atoms with Crippen LogP contribution in [0.25, 0.3) is 0 Å². The van der Waals surface area contributed by atoms with Gasteiger partial charge in [0, 0.05) is 25.7 Å². The van der Waals surface area contributed by atoms with Gasteiger partial charge in [0.25, 0.3) is 0 Å². The fourth-order valence-corrected chi connectivity index (χ4v) is 14.6. The molecule has 0 aromatic rings. The number of rotatable bonds is 83. The van der Waals surface area contributed by atoms with Crippen LogP contribution in [0.15, 0.2) is 0 Å². The van der Waals surface area contributed by atoms with E-state index in [0.717, 1.165) is 102 Å². The molecule has 0 saturated carbocycles. The molecule has 0 aliphatic heterocycles. The number of carbonyl (C=O) groups is 4. The van der Waals surface area contributed by atoms with Crippen LogP contribution in [0.5, 0.6) is 0 Å². The molecule has 0 heterocycles. The highest BCUT2D eigenvalue weighted by molar-refractivity contribution is 7.47. The van der Waals surface area contributed by atoms with E-state index in [-0.39, 0.29) is 25.7 Å². The van der Waals surface area contributed by atoms with E-state index in [9.17, 15) is 43.2 Å². The Kier molecular flexibility index (Phi) is 74.1. The van der Waals surface area contributed by atoms with Gasteiger partial charge in [-0.25, -0.2) is 9.13 Å². The summed E-state index contributed by atoms with van der Waals surface area (Å²) in [6, 6.07) is 0. The molecule has 0 bridgehead atoms. The van der Waals surface area contributed by atoms with Crippen LogP contribution in [0, 0.1) is 11.8 Å². The number of aliphatic hydroxyl groups excluding tert-OH is 1. The minimum absolute atomic E-state index is 0.108. The molecule has 0 radical (unpaired) electrons. The van der Waals surface area contributed by atoms with E-state index < -0.39 is 97.5 Å². The van der Waals surface area contributed by atoms with E-state index in [2.05, 4.69) is 41.5 Å². The molecule has 0 aromatic carbocycles. The van der Waals surface area contributed by atoms with Gasteiger partial charge in [-0.3, -0.25) is 37.3 Å². The highest BCUT2D eigenvalue weighted by atomic mass is 31.2. The molecule has 0 aliphatic carbocycles. The van der Waals surface area contributed by atoms with Gasteiger partial charge in [-0.2, -0.15) is 0 Å². The van der Waals surface area contributed by atoms with Gasteiger partial charge in [0.05, 0.1) is 26.4 Å². The second-order valence-corrected chi connectivity index (χ2v) is 34.1. The number of esters is 4. The Bertz CT molecular complexity index is 1980. The average Bonchev–Trinajstić information content (AvgIpc) is 0.914. The van der Waals surface area contributed by atoms with Crippen molar-refractivity contribution in [1.82, 2.24) is 0 Å². The molecule has 5 atom stereocenters. The Hall–Kier alpha value is -1.94. The molecule has 0 saturated heterocycles. The van der Waals surface area contributed by atoms with Gasteiger partial charge in [-0.1, -0.05) is 395 Å². The van der Waals surface area contributed by atoms with E-state index in [1.807, 2.05) is 0 Å². The Morgan fingerprint density at radius 1 is 0.262 bits per heavy atom. The molecular weight excluding hydrogens is 1340 g/mol. The third kappa shape index (κ3) is 78.0. The summed E-state index contributed by atoms with van der Waals surface area (Å²) in [7, 11) is -9.92. The van der Waals surface area contributed by atoms with Crippen molar-refractivity contribution < 1.29 is 80.2 Å². The van der Waals surface area contributed by atoms with E-state index in [1.54, 1.807) is 0 Å². The first kappa shape index (κ1) is 101. The van der Waals surface area contributed by atoms with E-state index >= 15 is 0 Å². The van der Waals surface area contributed by atoms with Crippen molar-refractivity contribution in [2.45, 2.75) is 464 Å².